The number of hydrogen-bond donors (Lipinski definition) is 1. The molecule has 0 radical (unpaired) electrons. The van der Waals surface area contributed by atoms with Crippen LogP contribution in [-0.2, 0) is 4.74 Å². The zero-order valence-corrected chi connectivity index (χ0v) is 10.6. The third kappa shape index (κ3) is 3.42. The lowest BCUT2D eigenvalue weighted by Gasteiger charge is -2.24. The second kappa shape index (κ2) is 5.14. The van der Waals surface area contributed by atoms with Gasteiger partial charge in [-0.15, -0.1) is 0 Å². The fourth-order valence-electron chi connectivity index (χ4n) is 1.41. The minimum Gasteiger partial charge on any atom is -0.377 e. The standard InChI is InChI=1S/C12H18N2O3/c1-9-6-5-7-10(14(15)16)11(9)13-8-12(2,3)17-4/h5-7,13H,8H2,1-4H3. The zero-order chi connectivity index (χ0) is 13.1. The first kappa shape index (κ1) is 13.4. The molecule has 17 heavy (non-hydrogen) atoms. The van der Waals surface area contributed by atoms with Gasteiger partial charge in [-0.05, 0) is 26.3 Å². The van der Waals surface area contributed by atoms with Crippen LogP contribution in [0.5, 0.6) is 0 Å². The fraction of sp³-hybridized carbons (Fsp3) is 0.500. The van der Waals surface area contributed by atoms with Gasteiger partial charge in [0.1, 0.15) is 5.69 Å². The first-order chi connectivity index (χ1) is 7.87. The van der Waals surface area contributed by atoms with Gasteiger partial charge in [0, 0.05) is 19.7 Å². The van der Waals surface area contributed by atoms with E-state index in [0.717, 1.165) is 5.56 Å². The zero-order valence-electron chi connectivity index (χ0n) is 10.6. The Morgan fingerprint density at radius 1 is 1.47 bits per heavy atom. The lowest BCUT2D eigenvalue weighted by atomic mass is 10.1. The maximum absolute atomic E-state index is 10.9. The molecule has 94 valence electrons. The van der Waals surface area contributed by atoms with Crippen molar-refractivity contribution in [2.45, 2.75) is 26.4 Å². The van der Waals surface area contributed by atoms with Crippen LogP contribution >= 0.6 is 0 Å². The van der Waals surface area contributed by atoms with Crippen molar-refractivity contribution in [1.82, 2.24) is 0 Å². The van der Waals surface area contributed by atoms with Gasteiger partial charge in [0.2, 0.25) is 0 Å². The van der Waals surface area contributed by atoms with Crippen LogP contribution in [-0.4, -0.2) is 24.2 Å². The number of methoxy groups -OCH3 is 1. The van der Waals surface area contributed by atoms with E-state index in [9.17, 15) is 10.1 Å². The first-order valence-corrected chi connectivity index (χ1v) is 5.40. The largest absolute Gasteiger partial charge is 0.377 e. The minimum atomic E-state index is -0.380. The molecule has 1 rings (SSSR count). The molecule has 0 bridgehead atoms. The number of para-hydroxylation sites is 1. The molecule has 0 spiro atoms. The van der Waals surface area contributed by atoms with E-state index in [2.05, 4.69) is 5.32 Å². The van der Waals surface area contributed by atoms with Crippen LogP contribution < -0.4 is 5.32 Å². The molecule has 0 unspecified atom stereocenters. The molecule has 0 saturated carbocycles. The smallest absolute Gasteiger partial charge is 0.292 e. The van der Waals surface area contributed by atoms with Crippen LogP contribution in [0, 0.1) is 17.0 Å². The number of ether oxygens (including phenoxy) is 1. The Kier molecular flexibility index (Phi) is 4.07. The first-order valence-electron chi connectivity index (χ1n) is 5.40. The molecule has 0 aliphatic rings. The number of aryl methyl sites for hydroxylation is 1. The van der Waals surface area contributed by atoms with Crippen LogP contribution in [0.2, 0.25) is 0 Å². The van der Waals surface area contributed by atoms with Gasteiger partial charge in [0.05, 0.1) is 10.5 Å². The molecule has 1 aromatic rings. The van der Waals surface area contributed by atoms with Crippen LogP contribution in [0.4, 0.5) is 11.4 Å². The van der Waals surface area contributed by atoms with Gasteiger partial charge in [-0.3, -0.25) is 10.1 Å². The maximum Gasteiger partial charge on any atom is 0.292 e. The van der Waals surface area contributed by atoms with E-state index < -0.39 is 0 Å². The third-order valence-electron chi connectivity index (χ3n) is 2.69. The predicted octanol–water partition coefficient (Wildman–Crippen LogP) is 2.74. The van der Waals surface area contributed by atoms with Crippen molar-refractivity contribution in [2.75, 3.05) is 19.0 Å². The Morgan fingerprint density at radius 2 is 2.12 bits per heavy atom. The Hall–Kier alpha value is -1.62. The summed E-state index contributed by atoms with van der Waals surface area (Å²) in [4.78, 5) is 10.5. The van der Waals surface area contributed by atoms with Crippen molar-refractivity contribution in [3.05, 3.63) is 33.9 Å². The summed E-state index contributed by atoms with van der Waals surface area (Å²) >= 11 is 0. The second-order valence-corrected chi connectivity index (χ2v) is 4.54. The Labute approximate surface area is 101 Å². The highest BCUT2D eigenvalue weighted by atomic mass is 16.6. The van der Waals surface area contributed by atoms with Gasteiger partial charge >= 0.3 is 0 Å². The van der Waals surface area contributed by atoms with Crippen LogP contribution in [0.25, 0.3) is 0 Å². The lowest BCUT2D eigenvalue weighted by molar-refractivity contribution is -0.384. The van der Waals surface area contributed by atoms with E-state index in [0.29, 0.717) is 12.2 Å². The molecule has 0 atom stereocenters. The average Bonchev–Trinajstić information content (AvgIpc) is 2.27. The van der Waals surface area contributed by atoms with Crippen molar-refractivity contribution in [3.63, 3.8) is 0 Å². The van der Waals surface area contributed by atoms with Crippen molar-refractivity contribution in [3.8, 4) is 0 Å². The lowest BCUT2D eigenvalue weighted by Crippen LogP contribution is -2.32. The number of nitrogens with zero attached hydrogens (tertiary/aromatic N) is 1. The molecule has 0 heterocycles. The van der Waals surface area contributed by atoms with Gasteiger partial charge in [-0.2, -0.15) is 0 Å². The number of nitro benzene ring substituents is 1. The van der Waals surface area contributed by atoms with Crippen LogP contribution in [0.15, 0.2) is 18.2 Å². The number of nitro groups is 1. The molecule has 5 heteroatoms. The molecule has 0 saturated heterocycles. The summed E-state index contributed by atoms with van der Waals surface area (Å²) in [6, 6.07) is 5.02. The van der Waals surface area contributed by atoms with E-state index >= 15 is 0 Å². The summed E-state index contributed by atoms with van der Waals surface area (Å²) in [5.41, 5.74) is 1.14. The van der Waals surface area contributed by atoms with E-state index in [4.69, 9.17) is 4.74 Å². The van der Waals surface area contributed by atoms with E-state index in [1.165, 1.54) is 6.07 Å². The monoisotopic (exact) mass is 238 g/mol. The van der Waals surface area contributed by atoms with Gasteiger partial charge in [-0.1, -0.05) is 12.1 Å². The Bertz CT molecular complexity index is 416. The van der Waals surface area contributed by atoms with Gasteiger partial charge < -0.3 is 10.1 Å². The molecular weight excluding hydrogens is 220 g/mol. The maximum atomic E-state index is 10.9. The number of hydrogen-bond acceptors (Lipinski definition) is 4. The second-order valence-electron chi connectivity index (χ2n) is 4.54. The molecule has 1 N–H and O–H groups in total. The summed E-state index contributed by atoms with van der Waals surface area (Å²) in [6.07, 6.45) is 0. The summed E-state index contributed by atoms with van der Waals surface area (Å²) in [6.45, 7) is 6.19. The van der Waals surface area contributed by atoms with E-state index in [-0.39, 0.29) is 16.2 Å². The summed E-state index contributed by atoms with van der Waals surface area (Å²) in [5.74, 6) is 0. The topological polar surface area (TPSA) is 64.4 Å². The highest BCUT2D eigenvalue weighted by Gasteiger charge is 2.20. The molecule has 0 amide bonds. The van der Waals surface area contributed by atoms with Crippen molar-refractivity contribution < 1.29 is 9.66 Å². The van der Waals surface area contributed by atoms with E-state index in [1.807, 2.05) is 26.8 Å². The molecular formula is C12H18N2O3. The van der Waals surface area contributed by atoms with Gasteiger partial charge in [0.15, 0.2) is 0 Å². The van der Waals surface area contributed by atoms with Crippen LogP contribution in [0.1, 0.15) is 19.4 Å². The van der Waals surface area contributed by atoms with Gasteiger partial charge in [0.25, 0.3) is 5.69 Å². The van der Waals surface area contributed by atoms with Crippen molar-refractivity contribution in [1.29, 1.82) is 0 Å². The molecule has 1 aromatic carbocycles. The number of nitrogens with one attached hydrogen (secondary N) is 1. The highest BCUT2D eigenvalue weighted by Crippen LogP contribution is 2.28. The molecule has 0 aromatic heterocycles. The summed E-state index contributed by atoms with van der Waals surface area (Å²) < 4.78 is 5.27. The predicted molar refractivity (Wildman–Crippen MR) is 67.4 cm³/mol. The fourth-order valence-corrected chi connectivity index (χ4v) is 1.41. The SMILES string of the molecule is COC(C)(C)CNc1c(C)cccc1[N+](=O)[O-]. The number of anilines is 1. The normalized spacial score (nSPS) is 11.3. The third-order valence-corrected chi connectivity index (χ3v) is 2.69. The van der Waals surface area contributed by atoms with Crippen molar-refractivity contribution in [2.24, 2.45) is 0 Å². The molecule has 5 nitrogen and oxygen atoms in total. The molecule has 0 fully saturated rings. The summed E-state index contributed by atoms with van der Waals surface area (Å²) in [7, 11) is 1.62. The van der Waals surface area contributed by atoms with Gasteiger partial charge in [-0.25, -0.2) is 0 Å². The molecule has 0 aliphatic carbocycles. The Morgan fingerprint density at radius 3 is 2.65 bits per heavy atom. The summed E-state index contributed by atoms with van der Waals surface area (Å²) in [5, 5.41) is 14.0. The highest BCUT2D eigenvalue weighted by molar-refractivity contribution is 5.66. The minimum absolute atomic E-state index is 0.0944. The Balaban J connectivity index is 2.94. The number of benzene rings is 1. The average molecular weight is 238 g/mol. The number of rotatable bonds is 5. The molecule has 0 aliphatic heterocycles. The van der Waals surface area contributed by atoms with Crippen molar-refractivity contribution >= 4 is 11.4 Å². The van der Waals surface area contributed by atoms with E-state index in [1.54, 1.807) is 13.2 Å². The van der Waals surface area contributed by atoms with Crippen LogP contribution in [0.3, 0.4) is 0 Å². The quantitative estimate of drug-likeness (QED) is 0.632.